The minimum atomic E-state index is -3.57. The number of sulfonamides is 1. The Kier molecular flexibility index (Phi) is 10.5. The van der Waals surface area contributed by atoms with E-state index in [1.54, 1.807) is 30.1 Å². The van der Waals surface area contributed by atoms with E-state index in [9.17, 15) is 18.0 Å². The van der Waals surface area contributed by atoms with Crippen molar-refractivity contribution in [3.05, 3.63) is 100 Å². The van der Waals surface area contributed by atoms with Crippen LogP contribution in [-0.4, -0.2) is 51.0 Å². The molecule has 1 N–H and O–H groups in total. The Balaban J connectivity index is 1.86. The molecule has 3 rings (SSSR count). The van der Waals surface area contributed by atoms with Gasteiger partial charge in [-0.25, -0.2) is 8.42 Å². The predicted molar refractivity (Wildman–Crippen MR) is 157 cm³/mol. The van der Waals surface area contributed by atoms with Gasteiger partial charge in [-0.1, -0.05) is 66.2 Å². The molecule has 0 fully saturated rings. The van der Waals surface area contributed by atoms with Crippen LogP contribution < -0.4 is 9.62 Å². The van der Waals surface area contributed by atoms with Crippen LogP contribution >= 0.6 is 11.6 Å². The number of anilines is 1. The van der Waals surface area contributed by atoms with E-state index in [1.165, 1.54) is 10.6 Å². The molecule has 3 aromatic carbocycles. The van der Waals surface area contributed by atoms with E-state index in [0.29, 0.717) is 17.1 Å². The summed E-state index contributed by atoms with van der Waals surface area (Å²) in [5, 5.41) is 3.24. The summed E-state index contributed by atoms with van der Waals surface area (Å²) in [7, 11) is -2.02. The average molecular weight is 570 g/mol. The molecule has 0 bridgehead atoms. The van der Waals surface area contributed by atoms with Gasteiger partial charge >= 0.3 is 0 Å². The third-order valence-corrected chi connectivity index (χ3v) is 7.96. The van der Waals surface area contributed by atoms with Crippen LogP contribution in [0.2, 0.25) is 5.02 Å². The van der Waals surface area contributed by atoms with Gasteiger partial charge in [0.25, 0.3) is 0 Å². The van der Waals surface area contributed by atoms with Gasteiger partial charge in [0, 0.05) is 38.0 Å². The Labute approximate surface area is 236 Å². The molecule has 7 nitrogen and oxygen atoms in total. The number of rotatable bonds is 12. The Morgan fingerprint density at radius 2 is 1.64 bits per heavy atom. The quantitative estimate of drug-likeness (QED) is 0.336. The van der Waals surface area contributed by atoms with Gasteiger partial charge in [-0.3, -0.25) is 13.9 Å². The van der Waals surface area contributed by atoms with E-state index in [4.69, 9.17) is 11.6 Å². The summed E-state index contributed by atoms with van der Waals surface area (Å²) < 4.78 is 26.7. The highest BCUT2D eigenvalue weighted by Crippen LogP contribution is 2.25. The fourth-order valence-corrected chi connectivity index (χ4v) is 5.75. The second-order valence-corrected chi connectivity index (χ2v) is 12.0. The number of amides is 2. The lowest BCUT2D eigenvalue weighted by Crippen LogP contribution is -2.49. The number of carbonyl (C=O) groups is 2. The first-order valence-electron chi connectivity index (χ1n) is 12.8. The highest BCUT2D eigenvalue weighted by Gasteiger charge is 2.30. The highest BCUT2D eigenvalue weighted by atomic mass is 35.5. The lowest BCUT2D eigenvalue weighted by atomic mass is 10.0. The van der Waals surface area contributed by atoms with Crippen molar-refractivity contribution in [3.63, 3.8) is 0 Å². The van der Waals surface area contributed by atoms with Gasteiger partial charge in [0.15, 0.2) is 0 Å². The Morgan fingerprint density at radius 3 is 2.28 bits per heavy atom. The molecule has 0 saturated heterocycles. The van der Waals surface area contributed by atoms with Crippen LogP contribution in [-0.2, 0) is 32.6 Å². The second-order valence-electron chi connectivity index (χ2n) is 9.70. The van der Waals surface area contributed by atoms with Crippen molar-refractivity contribution in [3.8, 4) is 0 Å². The molecule has 0 aliphatic carbocycles. The number of nitrogens with zero attached hydrogens (tertiary/aromatic N) is 2. The van der Waals surface area contributed by atoms with Crippen molar-refractivity contribution in [2.75, 3.05) is 24.2 Å². The van der Waals surface area contributed by atoms with Gasteiger partial charge in [0.05, 0.1) is 11.9 Å². The highest BCUT2D eigenvalue weighted by molar-refractivity contribution is 7.92. The first kappa shape index (κ1) is 30.2. The molecular formula is C30H36ClN3O4S. The van der Waals surface area contributed by atoms with Crippen molar-refractivity contribution < 1.29 is 18.0 Å². The largest absolute Gasteiger partial charge is 0.357 e. The zero-order chi connectivity index (χ0) is 28.6. The molecule has 0 saturated carbocycles. The number of hydrogen-bond acceptors (Lipinski definition) is 4. The molecule has 1 atom stereocenters. The molecular weight excluding hydrogens is 534 g/mol. The van der Waals surface area contributed by atoms with E-state index in [0.717, 1.165) is 22.3 Å². The number of hydrogen-bond donors (Lipinski definition) is 1. The van der Waals surface area contributed by atoms with E-state index in [1.807, 2.05) is 68.4 Å². The van der Waals surface area contributed by atoms with Gasteiger partial charge in [0.2, 0.25) is 21.8 Å². The molecule has 0 aromatic heterocycles. The van der Waals surface area contributed by atoms with Crippen molar-refractivity contribution >= 4 is 39.1 Å². The topological polar surface area (TPSA) is 86.8 Å². The summed E-state index contributed by atoms with van der Waals surface area (Å²) >= 11 is 6.21. The van der Waals surface area contributed by atoms with Crippen molar-refractivity contribution in [2.45, 2.75) is 45.7 Å². The first-order valence-corrected chi connectivity index (χ1v) is 15.1. The van der Waals surface area contributed by atoms with Crippen molar-refractivity contribution in [2.24, 2.45) is 0 Å². The van der Waals surface area contributed by atoms with Crippen LogP contribution in [0.4, 0.5) is 5.69 Å². The van der Waals surface area contributed by atoms with Crippen LogP contribution in [0.15, 0.2) is 72.8 Å². The van der Waals surface area contributed by atoms with E-state index in [2.05, 4.69) is 5.32 Å². The average Bonchev–Trinajstić information content (AvgIpc) is 2.89. The SMILES string of the molecule is CNC(=O)[C@@H](Cc1ccccc1)N(Cc1cccc(Cl)c1)C(=O)CCCN(c1cc(C)ccc1C)S(C)(=O)=O. The summed E-state index contributed by atoms with van der Waals surface area (Å²) in [5.74, 6) is -0.517. The lowest BCUT2D eigenvalue weighted by Gasteiger charge is -2.32. The van der Waals surface area contributed by atoms with Gasteiger partial charge in [-0.15, -0.1) is 0 Å². The molecule has 3 aromatic rings. The third kappa shape index (κ3) is 8.57. The minimum absolute atomic E-state index is 0.0692. The zero-order valence-electron chi connectivity index (χ0n) is 22.9. The van der Waals surface area contributed by atoms with Crippen LogP contribution in [0.5, 0.6) is 0 Å². The maximum atomic E-state index is 13.7. The molecule has 0 radical (unpaired) electrons. The number of likely N-dealkylation sites (N-methyl/N-ethyl adjacent to an activating group) is 1. The first-order chi connectivity index (χ1) is 18.5. The molecule has 39 heavy (non-hydrogen) atoms. The summed E-state index contributed by atoms with van der Waals surface area (Å²) in [4.78, 5) is 28.4. The summed E-state index contributed by atoms with van der Waals surface area (Å²) in [6.45, 7) is 4.11. The summed E-state index contributed by atoms with van der Waals surface area (Å²) in [5.41, 5.74) is 4.11. The molecule has 0 aliphatic rings. The van der Waals surface area contributed by atoms with Crippen LogP contribution in [0, 0.1) is 13.8 Å². The monoisotopic (exact) mass is 569 g/mol. The fourth-order valence-electron chi connectivity index (χ4n) is 4.52. The number of aryl methyl sites for hydroxylation is 2. The van der Waals surface area contributed by atoms with Gasteiger partial charge < -0.3 is 10.2 Å². The van der Waals surface area contributed by atoms with Crippen LogP contribution in [0.1, 0.15) is 35.1 Å². The smallest absolute Gasteiger partial charge is 0.242 e. The summed E-state index contributed by atoms with van der Waals surface area (Å²) in [6, 6.07) is 21.6. The van der Waals surface area contributed by atoms with E-state index < -0.39 is 16.1 Å². The molecule has 0 unspecified atom stereocenters. The Bertz CT molecular complexity index is 1400. The molecule has 0 aliphatic heterocycles. The Hall–Kier alpha value is -3.36. The van der Waals surface area contributed by atoms with Gasteiger partial charge in [0.1, 0.15) is 6.04 Å². The van der Waals surface area contributed by atoms with Crippen LogP contribution in [0.25, 0.3) is 0 Å². The van der Waals surface area contributed by atoms with Gasteiger partial charge in [-0.2, -0.15) is 0 Å². The van der Waals surface area contributed by atoms with Crippen molar-refractivity contribution in [1.29, 1.82) is 0 Å². The normalized spacial score (nSPS) is 12.0. The van der Waals surface area contributed by atoms with E-state index >= 15 is 0 Å². The lowest BCUT2D eigenvalue weighted by molar-refractivity contribution is -0.141. The van der Waals surface area contributed by atoms with Gasteiger partial charge in [-0.05, 0) is 60.7 Å². The molecule has 9 heteroatoms. The Morgan fingerprint density at radius 1 is 0.949 bits per heavy atom. The molecule has 0 spiro atoms. The fraction of sp³-hybridized carbons (Fsp3) is 0.333. The third-order valence-electron chi connectivity index (χ3n) is 6.54. The molecule has 2 amide bonds. The summed E-state index contributed by atoms with van der Waals surface area (Å²) in [6.07, 6.45) is 1.87. The maximum Gasteiger partial charge on any atom is 0.242 e. The maximum absolute atomic E-state index is 13.7. The second kappa shape index (κ2) is 13.6. The molecule has 208 valence electrons. The predicted octanol–water partition coefficient (Wildman–Crippen LogP) is 4.89. The minimum Gasteiger partial charge on any atom is -0.357 e. The number of nitrogens with one attached hydrogen (secondary N) is 1. The molecule has 0 heterocycles. The van der Waals surface area contributed by atoms with Crippen molar-refractivity contribution in [1.82, 2.24) is 10.2 Å². The standard InChI is InChI=1S/C30H36ClN3O4S/c1-22-15-16-23(2)27(18-22)34(39(4,37)38)17-9-14-29(35)33(21-25-12-8-13-26(31)19-25)28(30(36)32-3)20-24-10-6-5-7-11-24/h5-8,10-13,15-16,18-19,28H,9,14,17,20-21H2,1-4H3,(H,32,36)/t28-/m1/s1. The van der Waals surface area contributed by atoms with E-state index in [-0.39, 0.29) is 37.7 Å². The number of benzene rings is 3. The zero-order valence-corrected chi connectivity index (χ0v) is 24.4. The number of carbonyl (C=O) groups excluding carboxylic acids is 2. The van der Waals surface area contributed by atoms with Crippen LogP contribution in [0.3, 0.4) is 0 Å². The number of halogens is 1.